The van der Waals surface area contributed by atoms with Crippen molar-refractivity contribution in [3.8, 4) is 0 Å². The van der Waals surface area contributed by atoms with Crippen molar-refractivity contribution < 1.29 is 13.2 Å². The molecule has 1 nitrogen and oxygen atoms in total. The summed E-state index contributed by atoms with van der Waals surface area (Å²) < 4.78 is 39.1. The van der Waals surface area contributed by atoms with Gasteiger partial charge in [-0.1, -0.05) is 35.9 Å². The normalized spacial score (nSPS) is 17.6. The zero-order valence-electron chi connectivity index (χ0n) is 11.7. The van der Waals surface area contributed by atoms with E-state index in [1.165, 1.54) is 17.7 Å². The molecule has 0 spiro atoms. The molecule has 0 saturated carbocycles. The second-order valence-electron chi connectivity index (χ2n) is 5.48. The molecular weight excluding hydrogens is 275 g/mol. The van der Waals surface area contributed by atoms with Crippen LogP contribution >= 0.6 is 0 Å². The summed E-state index contributed by atoms with van der Waals surface area (Å²) in [6.45, 7) is 2.00. The Bertz CT molecular complexity index is 661. The summed E-state index contributed by atoms with van der Waals surface area (Å²) >= 11 is 0. The zero-order chi connectivity index (χ0) is 15.0. The van der Waals surface area contributed by atoms with Crippen molar-refractivity contribution in [2.24, 2.45) is 0 Å². The first-order chi connectivity index (χ1) is 9.95. The van der Waals surface area contributed by atoms with Gasteiger partial charge in [-0.05, 0) is 43.0 Å². The topological polar surface area (TPSA) is 12.0 Å². The number of halogens is 3. The van der Waals surface area contributed by atoms with Crippen LogP contribution in [-0.4, -0.2) is 0 Å². The molecule has 2 aromatic carbocycles. The lowest BCUT2D eigenvalue weighted by molar-refractivity contribution is -0.137. The monoisotopic (exact) mass is 291 g/mol. The number of alkyl halides is 3. The number of nitrogens with one attached hydrogen (secondary N) is 1. The highest BCUT2D eigenvalue weighted by atomic mass is 19.4. The third-order valence-electron chi connectivity index (χ3n) is 3.94. The Morgan fingerprint density at radius 2 is 1.86 bits per heavy atom. The average molecular weight is 291 g/mol. The lowest BCUT2D eigenvalue weighted by atomic mass is 10.0. The van der Waals surface area contributed by atoms with Gasteiger partial charge >= 0.3 is 6.18 Å². The van der Waals surface area contributed by atoms with Crippen molar-refractivity contribution in [1.82, 2.24) is 0 Å². The first-order valence-corrected chi connectivity index (χ1v) is 6.97. The largest absolute Gasteiger partial charge is 0.418 e. The maximum atomic E-state index is 13.0. The van der Waals surface area contributed by atoms with Gasteiger partial charge in [0.25, 0.3) is 0 Å². The van der Waals surface area contributed by atoms with E-state index in [1.807, 2.05) is 13.0 Å². The van der Waals surface area contributed by atoms with Crippen molar-refractivity contribution >= 4 is 5.69 Å². The zero-order valence-corrected chi connectivity index (χ0v) is 11.7. The van der Waals surface area contributed by atoms with E-state index in [0.29, 0.717) is 0 Å². The Morgan fingerprint density at radius 3 is 2.62 bits per heavy atom. The highest BCUT2D eigenvalue weighted by molar-refractivity contribution is 5.55. The van der Waals surface area contributed by atoms with Crippen LogP contribution in [0.5, 0.6) is 0 Å². The quantitative estimate of drug-likeness (QED) is 0.810. The van der Waals surface area contributed by atoms with Gasteiger partial charge in [0.15, 0.2) is 0 Å². The van der Waals surface area contributed by atoms with Crippen LogP contribution in [0.4, 0.5) is 18.9 Å². The van der Waals surface area contributed by atoms with Crippen LogP contribution in [0.2, 0.25) is 0 Å². The van der Waals surface area contributed by atoms with Gasteiger partial charge in [0.05, 0.1) is 11.6 Å². The number of anilines is 1. The summed E-state index contributed by atoms with van der Waals surface area (Å²) in [5.41, 5.74) is 3.02. The Labute approximate surface area is 121 Å². The second kappa shape index (κ2) is 5.10. The number of benzene rings is 2. The van der Waals surface area contributed by atoms with Gasteiger partial charge in [-0.3, -0.25) is 0 Å². The molecule has 1 aliphatic rings. The SMILES string of the molecule is Cc1ccc2c(c1)C(Nc1ccccc1C(F)(F)F)CC2. The van der Waals surface area contributed by atoms with Crippen LogP contribution in [0.15, 0.2) is 42.5 Å². The molecule has 0 saturated heterocycles. The number of para-hydroxylation sites is 1. The molecule has 1 atom stereocenters. The second-order valence-corrected chi connectivity index (χ2v) is 5.48. The highest BCUT2D eigenvalue weighted by Gasteiger charge is 2.34. The fourth-order valence-corrected chi connectivity index (χ4v) is 2.92. The minimum absolute atomic E-state index is 0.0524. The van der Waals surface area contributed by atoms with Gasteiger partial charge in [0.2, 0.25) is 0 Å². The number of aryl methyl sites for hydroxylation is 2. The molecule has 0 amide bonds. The first-order valence-electron chi connectivity index (χ1n) is 6.97. The van der Waals surface area contributed by atoms with E-state index in [1.54, 1.807) is 6.07 Å². The van der Waals surface area contributed by atoms with E-state index in [0.717, 1.165) is 30.0 Å². The molecule has 0 bridgehead atoms. The summed E-state index contributed by atoms with van der Waals surface area (Å²) in [4.78, 5) is 0. The third kappa shape index (κ3) is 2.75. The Kier molecular flexibility index (Phi) is 3.40. The summed E-state index contributed by atoms with van der Waals surface area (Å²) in [6.07, 6.45) is -2.61. The van der Waals surface area contributed by atoms with Crippen molar-refractivity contribution in [3.63, 3.8) is 0 Å². The van der Waals surface area contributed by atoms with Gasteiger partial charge in [-0.2, -0.15) is 13.2 Å². The fourth-order valence-electron chi connectivity index (χ4n) is 2.92. The van der Waals surface area contributed by atoms with Crippen molar-refractivity contribution in [2.75, 3.05) is 5.32 Å². The van der Waals surface area contributed by atoms with Gasteiger partial charge in [-0.15, -0.1) is 0 Å². The molecule has 1 N–H and O–H groups in total. The van der Waals surface area contributed by atoms with Crippen LogP contribution < -0.4 is 5.32 Å². The predicted octanol–water partition coefficient (Wildman–Crippen LogP) is 5.11. The predicted molar refractivity (Wildman–Crippen MR) is 77.3 cm³/mol. The van der Waals surface area contributed by atoms with Crippen LogP contribution in [0.1, 0.15) is 34.7 Å². The lowest BCUT2D eigenvalue weighted by Gasteiger charge is -2.20. The van der Waals surface area contributed by atoms with Crippen LogP contribution in [0, 0.1) is 6.92 Å². The molecule has 0 radical (unpaired) electrons. The summed E-state index contributed by atoms with van der Waals surface area (Å²) in [5.74, 6) is 0. The molecule has 0 aromatic heterocycles. The molecule has 2 aromatic rings. The standard InChI is InChI=1S/C17H16F3N/c1-11-6-7-12-8-9-15(13(12)10-11)21-16-5-3-2-4-14(16)17(18,19)20/h2-7,10,15,21H,8-9H2,1H3. The molecule has 0 fully saturated rings. The third-order valence-corrected chi connectivity index (χ3v) is 3.94. The van der Waals surface area contributed by atoms with E-state index in [2.05, 4.69) is 17.4 Å². The average Bonchev–Trinajstić information content (AvgIpc) is 2.81. The number of hydrogen-bond donors (Lipinski definition) is 1. The van der Waals surface area contributed by atoms with Gasteiger partial charge in [0.1, 0.15) is 0 Å². The van der Waals surface area contributed by atoms with Crippen molar-refractivity contribution in [1.29, 1.82) is 0 Å². The van der Waals surface area contributed by atoms with Crippen LogP contribution in [0.25, 0.3) is 0 Å². The Balaban J connectivity index is 1.92. The molecule has 3 rings (SSSR count). The van der Waals surface area contributed by atoms with Gasteiger partial charge < -0.3 is 5.32 Å². The Morgan fingerprint density at radius 1 is 1.10 bits per heavy atom. The number of rotatable bonds is 2. The van der Waals surface area contributed by atoms with Crippen LogP contribution in [0.3, 0.4) is 0 Å². The summed E-state index contributed by atoms with van der Waals surface area (Å²) in [6, 6.07) is 11.8. The van der Waals surface area contributed by atoms with Crippen molar-refractivity contribution in [3.05, 3.63) is 64.7 Å². The summed E-state index contributed by atoms with van der Waals surface area (Å²) in [5, 5.41) is 3.08. The van der Waals surface area contributed by atoms with E-state index in [9.17, 15) is 13.2 Å². The van der Waals surface area contributed by atoms with E-state index < -0.39 is 11.7 Å². The van der Waals surface area contributed by atoms with E-state index in [-0.39, 0.29) is 11.7 Å². The molecule has 110 valence electrons. The lowest BCUT2D eigenvalue weighted by Crippen LogP contribution is -2.13. The molecule has 0 heterocycles. The minimum Gasteiger partial charge on any atom is -0.378 e. The summed E-state index contributed by atoms with van der Waals surface area (Å²) in [7, 11) is 0. The highest BCUT2D eigenvalue weighted by Crippen LogP contribution is 2.39. The molecule has 21 heavy (non-hydrogen) atoms. The molecule has 1 aliphatic carbocycles. The van der Waals surface area contributed by atoms with Crippen molar-refractivity contribution in [2.45, 2.75) is 32.0 Å². The van der Waals surface area contributed by atoms with E-state index in [4.69, 9.17) is 0 Å². The molecule has 4 heteroatoms. The fraction of sp³-hybridized carbons (Fsp3) is 0.294. The van der Waals surface area contributed by atoms with Crippen LogP contribution in [-0.2, 0) is 12.6 Å². The minimum atomic E-state index is -4.34. The smallest absolute Gasteiger partial charge is 0.378 e. The maximum Gasteiger partial charge on any atom is 0.418 e. The van der Waals surface area contributed by atoms with Gasteiger partial charge in [-0.25, -0.2) is 0 Å². The molecular formula is C17H16F3N. The number of hydrogen-bond acceptors (Lipinski definition) is 1. The Hall–Kier alpha value is -1.97. The molecule has 0 aliphatic heterocycles. The van der Waals surface area contributed by atoms with Gasteiger partial charge in [0, 0.05) is 5.69 Å². The number of fused-ring (bicyclic) bond motifs is 1. The van der Waals surface area contributed by atoms with E-state index >= 15 is 0 Å². The molecule has 1 unspecified atom stereocenters. The maximum absolute atomic E-state index is 13.0. The first kappa shape index (κ1) is 14.0.